The van der Waals surface area contributed by atoms with Crippen LogP contribution in [0.15, 0.2) is 18.2 Å². The topological polar surface area (TPSA) is 114 Å². The van der Waals surface area contributed by atoms with Crippen LogP contribution in [0.3, 0.4) is 0 Å². The molecule has 0 aliphatic rings. The third kappa shape index (κ3) is 8.18. The van der Waals surface area contributed by atoms with Crippen molar-refractivity contribution in [3.8, 4) is 0 Å². The van der Waals surface area contributed by atoms with Crippen LogP contribution in [0, 0.1) is 17.6 Å². The average Bonchev–Trinajstić information content (AvgIpc) is 2.55. The first kappa shape index (κ1) is 23.8. The molecule has 7 nitrogen and oxygen atoms in total. The number of hydrogen-bond donors (Lipinski definition) is 4. The van der Waals surface area contributed by atoms with Crippen molar-refractivity contribution < 1.29 is 28.2 Å². The van der Waals surface area contributed by atoms with Crippen molar-refractivity contribution in [3.05, 3.63) is 35.4 Å². The first-order valence-electron chi connectivity index (χ1n) is 9.03. The molecule has 9 heteroatoms. The minimum Gasteiger partial charge on any atom is -0.443 e. The van der Waals surface area contributed by atoms with Crippen LogP contribution in [0.4, 0.5) is 13.6 Å². The summed E-state index contributed by atoms with van der Waals surface area (Å²) in [6, 6.07) is 2.86. The van der Waals surface area contributed by atoms with Gasteiger partial charge < -0.3 is 26.2 Å². The highest BCUT2D eigenvalue weighted by molar-refractivity contribution is 5.85. The number of primary amides is 1. The number of aliphatic hydroxyl groups excluding tert-OH is 1. The number of β-amino-alcohol motifs (C(OH)–C–C–N with tert-alkyl or cyclic N) is 1. The van der Waals surface area contributed by atoms with E-state index in [-0.39, 0.29) is 30.4 Å². The number of aliphatic hydroxyl groups is 1. The van der Waals surface area contributed by atoms with E-state index in [0.717, 1.165) is 12.1 Å². The van der Waals surface area contributed by atoms with Crippen LogP contribution in [0.5, 0.6) is 0 Å². The number of hydrogen-bond acceptors (Lipinski definition) is 5. The maximum atomic E-state index is 13.4. The van der Waals surface area contributed by atoms with Crippen LogP contribution in [0.1, 0.15) is 33.3 Å². The van der Waals surface area contributed by atoms with Crippen molar-refractivity contribution in [3.63, 3.8) is 0 Å². The Balaban J connectivity index is 2.77. The van der Waals surface area contributed by atoms with E-state index in [0.29, 0.717) is 12.6 Å². The zero-order valence-corrected chi connectivity index (χ0v) is 16.6. The Morgan fingerprint density at radius 2 is 1.75 bits per heavy atom. The molecule has 1 rings (SSSR count). The van der Waals surface area contributed by atoms with Crippen molar-refractivity contribution in [2.24, 2.45) is 11.7 Å². The summed E-state index contributed by atoms with van der Waals surface area (Å²) in [6.07, 6.45) is -3.70. The molecule has 0 saturated carbocycles. The first-order chi connectivity index (χ1) is 12.9. The number of carbonyl (C=O) groups excluding carboxylic acids is 2. The molecule has 1 aromatic rings. The van der Waals surface area contributed by atoms with Gasteiger partial charge in [0.2, 0.25) is 5.91 Å². The molecular formula is C19H29F2N3O4. The number of carbonyl (C=O) groups is 2. The van der Waals surface area contributed by atoms with Crippen LogP contribution in [0.2, 0.25) is 0 Å². The molecule has 28 heavy (non-hydrogen) atoms. The summed E-state index contributed by atoms with van der Waals surface area (Å²) in [5, 5.41) is 16.1. The van der Waals surface area contributed by atoms with Crippen LogP contribution in [0.25, 0.3) is 0 Å². The largest absolute Gasteiger partial charge is 0.443 e. The predicted molar refractivity (Wildman–Crippen MR) is 100 cm³/mol. The molecule has 0 bridgehead atoms. The van der Waals surface area contributed by atoms with E-state index in [1.54, 1.807) is 13.8 Å². The number of benzene rings is 1. The summed E-state index contributed by atoms with van der Waals surface area (Å²) in [5.74, 6) is -1.55. The second kappa shape index (κ2) is 10.3. The Hall–Kier alpha value is -2.26. The highest BCUT2D eigenvalue weighted by Crippen LogP contribution is 2.14. The van der Waals surface area contributed by atoms with E-state index in [1.165, 1.54) is 0 Å². The second-order valence-electron chi connectivity index (χ2n) is 7.63. The van der Waals surface area contributed by atoms with Gasteiger partial charge in [-0.3, -0.25) is 4.79 Å². The summed E-state index contributed by atoms with van der Waals surface area (Å²) in [7, 11) is 0. The zero-order valence-electron chi connectivity index (χ0n) is 16.6. The molecule has 2 amide bonds. The molecule has 0 aliphatic carbocycles. The van der Waals surface area contributed by atoms with Gasteiger partial charge in [0.05, 0.1) is 5.54 Å². The Kier molecular flexibility index (Phi) is 8.77. The van der Waals surface area contributed by atoms with Crippen molar-refractivity contribution in [2.75, 3.05) is 13.1 Å². The number of nitrogens with two attached hydrogens (primary N) is 1. The van der Waals surface area contributed by atoms with Crippen LogP contribution >= 0.6 is 0 Å². The standard InChI is InChI=1S/C19H29F2N3O4/c1-11(2)9-23-17(26)19(3,4)24-10-15(25)16(28-18(22)27)7-12-5-13(20)8-14(21)6-12/h5-6,8,11,15-16,24-25H,7,9-10H2,1-4H3,(H2,22,27)(H,23,26)/t15-,16+/m1/s1. The van der Waals surface area contributed by atoms with Crippen molar-refractivity contribution >= 4 is 12.0 Å². The van der Waals surface area contributed by atoms with Gasteiger partial charge in [0.25, 0.3) is 0 Å². The zero-order chi connectivity index (χ0) is 21.5. The molecule has 0 aliphatic heterocycles. The molecule has 2 atom stereocenters. The van der Waals surface area contributed by atoms with E-state index in [2.05, 4.69) is 10.6 Å². The Labute approximate surface area is 163 Å². The quantitative estimate of drug-likeness (QED) is 0.474. The maximum Gasteiger partial charge on any atom is 0.404 e. The van der Waals surface area contributed by atoms with E-state index in [1.807, 2.05) is 13.8 Å². The number of halogens is 2. The van der Waals surface area contributed by atoms with E-state index in [9.17, 15) is 23.5 Å². The summed E-state index contributed by atoms with van der Waals surface area (Å²) in [5.41, 5.74) is 4.23. The molecule has 5 N–H and O–H groups in total. The van der Waals surface area contributed by atoms with Crippen LogP contribution in [-0.2, 0) is 16.0 Å². The van der Waals surface area contributed by atoms with Crippen LogP contribution < -0.4 is 16.4 Å². The smallest absolute Gasteiger partial charge is 0.404 e. The Bertz CT molecular complexity index is 663. The summed E-state index contributed by atoms with van der Waals surface area (Å²) in [6.45, 7) is 7.60. The van der Waals surface area contributed by atoms with Gasteiger partial charge in [-0.15, -0.1) is 0 Å². The number of nitrogens with one attached hydrogen (secondary N) is 2. The molecule has 0 unspecified atom stereocenters. The third-order valence-electron chi connectivity index (χ3n) is 4.05. The number of ether oxygens (including phenoxy) is 1. The molecule has 0 heterocycles. The maximum absolute atomic E-state index is 13.4. The minimum absolute atomic E-state index is 0.113. The highest BCUT2D eigenvalue weighted by Gasteiger charge is 2.30. The van der Waals surface area contributed by atoms with Gasteiger partial charge in [0, 0.05) is 25.6 Å². The van der Waals surface area contributed by atoms with E-state index in [4.69, 9.17) is 10.5 Å². The molecular weight excluding hydrogens is 372 g/mol. The molecule has 0 fully saturated rings. The van der Waals surface area contributed by atoms with Crippen molar-refractivity contribution in [1.82, 2.24) is 10.6 Å². The monoisotopic (exact) mass is 401 g/mol. The van der Waals surface area contributed by atoms with E-state index < -0.39 is 35.5 Å². The van der Waals surface area contributed by atoms with Gasteiger partial charge >= 0.3 is 6.09 Å². The fraction of sp³-hybridized carbons (Fsp3) is 0.579. The van der Waals surface area contributed by atoms with Gasteiger partial charge in [-0.1, -0.05) is 13.8 Å². The molecule has 0 aromatic heterocycles. The van der Waals surface area contributed by atoms with Crippen LogP contribution in [-0.4, -0.2) is 47.9 Å². The lowest BCUT2D eigenvalue weighted by atomic mass is 10.0. The SMILES string of the molecule is CC(C)CNC(=O)C(C)(C)NC[C@@H](O)[C@H](Cc1cc(F)cc(F)c1)OC(N)=O. The van der Waals surface area contributed by atoms with Crippen molar-refractivity contribution in [1.29, 1.82) is 0 Å². The molecule has 1 aromatic carbocycles. The molecule has 0 saturated heterocycles. The first-order valence-corrected chi connectivity index (χ1v) is 9.03. The summed E-state index contributed by atoms with van der Waals surface area (Å²) < 4.78 is 31.6. The number of amides is 2. The van der Waals surface area contributed by atoms with Crippen molar-refractivity contribution in [2.45, 2.75) is 51.9 Å². The summed E-state index contributed by atoms with van der Waals surface area (Å²) >= 11 is 0. The number of rotatable bonds is 10. The normalized spacial score (nSPS) is 13.9. The summed E-state index contributed by atoms with van der Waals surface area (Å²) in [4.78, 5) is 23.4. The Morgan fingerprint density at radius 1 is 1.18 bits per heavy atom. The van der Waals surface area contributed by atoms with Gasteiger partial charge in [-0.25, -0.2) is 13.6 Å². The average molecular weight is 401 g/mol. The third-order valence-corrected chi connectivity index (χ3v) is 4.05. The lowest BCUT2D eigenvalue weighted by molar-refractivity contribution is -0.126. The highest BCUT2D eigenvalue weighted by atomic mass is 19.1. The van der Waals surface area contributed by atoms with Gasteiger partial charge in [0.15, 0.2) is 0 Å². The van der Waals surface area contributed by atoms with Gasteiger partial charge in [0.1, 0.15) is 23.8 Å². The second-order valence-corrected chi connectivity index (χ2v) is 7.63. The van der Waals surface area contributed by atoms with Gasteiger partial charge in [-0.05, 0) is 37.5 Å². The predicted octanol–water partition coefficient (Wildman–Crippen LogP) is 1.47. The molecule has 158 valence electrons. The molecule has 0 spiro atoms. The fourth-order valence-electron chi connectivity index (χ4n) is 2.46. The lowest BCUT2D eigenvalue weighted by Crippen LogP contribution is -2.56. The van der Waals surface area contributed by atoms with E-state index >= 15 is 0 Å². The Morgan fingerprint density at radius 3 is 2.25 bits per heavy atom. The molecule has 0 radical (unpaired) electrons. The fourth-order valence-corrected chi connectivity index (χ4v) is 2.46. The minimum atomic E-state index is -1.27. The van der Waals surface area contributed by atoms with Gasteiger partial charge in [-0.2, -0.15) is 0 Å². The lowest BCUT2D eigenvalue weighted by Gasteiger charge is -2.29.